The topological polar surface area (TPSA) is 60.9 Å². The number of halogens is 1. The Bertz CT molecular complexity index is 686. The molecule has 1 saturated carbocycles. The second-order valence-electron chi connectivity index (χ2n) is 7.72. The molecule has 3 aliphatic rings. The Morgan fingerprint density at radius 3 is 2.36 bits per heavy atom. The highest BCUT2D eigenvalue weighted by Gasteiger charge is 2.59. The number of carbonyl (C=O) groups excluding carboxylic acids is 1. The maximum Gasteiger partial charge on any atom is 0.313 e. The van der Waals surface area contributed by atoms with Crippen molar-refractivity contribution in [2.75, 3.05) is 26.2 Å². The molecular weight excluding hydrogens is 340 g/mol. The van der Waals surface area contributed by atoms with Crippen LogP contribution in [0.2, 0.25) is 5.02 Å². The molecule has 0 aromatic heterocycles. The molecule has 1 N–H and O–H groups in total. The Morgan fingerprint density at radius 1 is 1.08 bits per heavy atom. The van der Waals surface area contributed by atoms with Crippen LogP contribution in [-0.2, 0) is 4.79 Å². The number of hydrogen-bond donors (Lipinski definition) is 1. The zero-order valence-corrected chi connectivity index (χ0v) is 14.9. The fraction of sp³-hybridized carbons (Fsp3) is 0.579. The zero-order valence-electron chi connectivity index (χ0n) is 14.2. The van der Waals surface area contributed by atoms with E-state index in [4.69, 9.17) is 11.6 Å². The molecule has 1 aromatic carbocycles. The van der Waals surface area contributed by atoms with Crippen LogP contribution in [0.5, 0.6) is 0 Å². The normalized spacial score (nSPS) is 30.0. The van der Waals surface area contributed by atoms with E-state index in [1.807, 2.05) is 0 Å². The van der Waals surface area contributed by atoms with Gasteiger partial charge in [-0.05, 0) is 37.1 Å². The molecule has 0 bridgehead atoms. The van der Waals surface area contributed by atoms with Crippen LogP contribution < -0.4 is 0 Å². The molecule has 2 saturated heterocycles. The summed E-state index contributed by atoms with van der Waals surface area (Å²) in [6, 6.07) is 7.33. The molecule has 3 fully saturated rings. The molecule has 1 aliphatic carbocycles. The molecular formula is C19H23ClN2O3. The van der Waals surface area contributed by atoms with E-state index in [2.05, 4.69) is 4.90 Å². The second kappa shape index (κ2) is 6.29. The fourth-order valence-electron chi connectivity index (χ4n) is 4.88. The summed E-state index contributed by atoms with van der Waals surface area (Å²) in [7, 11) is 0. The number of fused-ring (bicyclic) bond motifs is 1. The summed E-state index contributed by atoms with van der Waals surface area (Å²) in [5.74, 6) is -0.842. The van der Waals surface area contributed by atoms with Crippen molar-refractivity contribution < 1.29 is 14.7 Å². The fourth-order valence-corrected chi connectivity index (χ4v) is 5.01. The zero-order chi connectivity index (χ0) is 17.6. The quantitative estimate of drug-likeness (QED) is 0.898. The van der Waals surface area contributed by atoms with Crippen LogP contribution in [0.3, 0.4) is 0 Å². The van der Waals surface area contributed by atoms with Crippen LogP contribution >= 0.6 is 11.6 Å². The third-order valence-electron chi connectivity index (χ3n) is 6.28. The molecule has 5 nitrogen and oxygen atoms in total. The maximum atomic E-state index is 12.8. The van der Waals surface area contributed by atoms with E-state index in [1.165, 1.54) is 25.7 Å². The number of carboxylic acids is 1. The van der Waals surface area contributed by atoms with Gasteiger partial charge in [0.2, 0.25) is 0 Å². The summed E-state index contributed by atoms with van der Waals surface area (Å²) in [5, 5.41) is 10.5. The molecule has 6 heteroatoms. The van der Waals surface area contributed by atoms with Gasteiger partial charge in [-0.3, -0.25) is 14.5 Å². The predicted octanol–water partition coefficient (Wildman–Crippen LogP) is 2.74. The van der Waals surface area contributed by atoms with Gasteiger partial charge >= 0.3 is 5.97 Å². The predicted molar refractivity (Wildman–Crippen MR) is 94.7 cm³/mol. The SMILES string of the molecule is O=C(c1ccc(Cl)cc1)N1C[C@@H]2CN(C3CCCC3)C[C@]2(C(=O)O)C1. The van der Waals surface area contributed by atoms with Crippen LogP contribution in [0.4, 0.5) is 0 Å². The molecule has 25 heavy (non-hydrogen) atoms. The number of carboxylic acid groups (broad SMARTS) is 1. The summed E-state index contributed by atoms with van der Waals surface area (Å²) in [6.07, 6.45) is 4.84. The van der Waals surface area contributed by atoms with E-state index in [-0.39, 0.29) is 11.8 Å². The van der Waals surface area contributed by atoms with Crippen LogP contribution in [0, 0.1) is 11.3 Å². The number of likely N-dealkylation sites (tertiary alicyclic amines) is 2. The van der Waals surface area contributed by atoms with Crippen molar-refractivity contribution in [1.29, 1.82) is 0 Å². The van der Waals surface area contributed by atoms with Gasteiger partial charge in [0.05, 0.1) is 0 Å². The highest BCUT2D eigenvalue weighted by molar-refractivity contribution is 6.30. The Morgan fingerprint density at radius 2 is 1.76 bits per heavy atom. The van der Waals surface area contributed by atoms with E-state index < -0.39 is 11.4 Å². The summed E-state index contributed by atoms with van der Waals surface area (Å²) >= 11 is 5.89. The maximum absolute atomic E-state index is 12.8. The lowest BCUT2D eigenvalue weighted by molar-refractivity contribution is -0.148. The molecule has 1 amide bonds. The van der Waals surface area contributed by atoms with Gasteiger partial charge in [-0.15, -0.1) is 0 Å². The van der Waals surface area contributed by atoms with Gasteiger partial charge in [0.25, 0.3) is 5.91 Å². The van der Waals surface area contributed by atoms with E-state index in [9.17, 15) is 14.7 Å². The summed E-state index contributed by atoms with van der Waals surface area (Å²) in [5.41, 5.74) is -0.248. The summed E-state index contributed by atoms with van der Waals surface area (Å²) < 4.78 is 0. The van der Waals surface area contributed by atoms with Crippen LogP contribution in [0.1, 0.15) is 36.0 Å². The minimum Gasteiger partial charge on any atom is -0.481 e. The van der Waals surface area contributed by atoms with Crippen molar-refractivity contribution in [1.82, 2.24) is 9.80 Å². The Kier molecular flexibility index (Phi) is 4.24. The van der Waals surface area contributed by atoms with Crippen molar-refractivity contribution in [2.45, 2.75) is 31.7 Å². The number of benzene rings is 1. The molecule has 134 valence electrons. The van der Waals surface area contributed by atoms with E-state index in [0.29, 0.717) is 36.3 Å². The molecule has 1 aromatic rings. The lowest BCUT2D eigenvalue weighted by Gasteiger charge is -2.28. The second-order valence-corrected chi connectivity index (χ2v) is 8.15. The lowest BCUT2D eigenvalue weighted by atomic mass is 9.81. The number of nitrogens with zero attached hydrogens (tertiary/aromatic N) is 2. The third kappa shape index (κ3) is 2.83. The molecule has 4 rings (SSSR count). The monoisotopic (exact) mass is 362 g/mol. The van der Waals surface area contributed by atoms with E-state index in [0.717, 1.165) is 6.54 Å². The average molecular weight is 363 g/mol. The minimum absolute atomic E-state index is 0.0156. The van der Waals surface area contributed by atoms with Gasteiger partial charge in [-0.2, -0.15) is 0 Å². The number of amides is 1. The largest absolute Gasteiger partial charge is 0.481 e. The van der Waals surface area contributed by atoms with Crippen molar-refractivity contribution in [3.8, 4) is 0 Å². The third-order valence-corrected chi connectivity index (χ3v) is 6.53. The first-order chi connectivity index (χ1) is 12.0. The number of carbonyl (C=O) groups is 2. The first-order valence-electron chi connectivity index (χ1n) is 9.02. The van der Waals surface area contributed by atoms with Crippen molar-refractivity contribution in [3.63, 3.8) is 0 Å². The smallest absolute Gasteiger partial charge is 0.313 e. The highest BCUT2D eigenvalue weighted by atomic mass is 35.5. The van der Waals surface area contributed by atoms with E-state index >= 15 is 0 Å². The average Bonchev–Trinajstić information content (AvgIpc) is 3.28. The Labute approximate surface area is 152 Å². The van der Waals surface area contributed by atoms with Crippen molar-refractivity contribution in [2.24, 2.45) is 11.3 Å². The highest BCUT2D eigenvalue weighted by Crippen LogP contribution is 2.45. The number of rotatable bonds is 3. The Balaban J connectivity index is 1.52. The minimum atomic E-state index is -0.815. The standard InChI is InChI=1S/C19H23ClN2O3/c20-15-7-5-13(6-8-15)17(23)22-10-14-9-21(16-3-1-2-4-16)11-19(14,12-22)18(24)25/h5-8,14,16H,1-4,9-12H2,(H,24,25)/t14-,19-/m0/s1. The van der Waals surface area contributed by atoms with E-state index in [1.54, 1.807) is 29.2 Å². The number of aliphatic carboxylic acids is 1. The molecule has 0 radical (unpaired) electrons. The van der Waals surface area contributed by atoms with Gasteiger partial charge in [0.15, 0.2) is 0 Å². The first-order valence-corrected chi connectivity index (χ1v) is 9.40. The van der Waals surface area contributed by atoms with Crippen LogP contribution in [0.15, 0.2) is 24.3 Å². The van der Waals surface area contributed by atoms with Gasteiger partial charge in [0, 0.05) is 48.7 Å². The van der Waals surface area contributed by atoms with Crippen molar-refractivity contribution >= 4 is 23.5 Å². The van der Waals surface area contributed by atoms with Crippen LogP contribution in [0.25, 0.3) is 0 Å². The molecule has 2 heterocycles. The van der Waals surface area contributed by atoms with Crippen LogP contribution in [-0.4, -0.2) is 59.0 Å². The summed E-state index contributed by atoms with van der Waals surface area (Å²) in [4.78, 5) is 29.0. The lowest BCUT2D eigenvalue weighted by Crippen LogP contribution is -2.43. The molecule has 0 spiro atoms. The molecule has 0 unspecified atom stereocenters. The van der Waals surface area contributed by atoms with Gasteiger partial charge in [0.1, 0.15) is 5.41 Å². The van der Waals surface area contributed by atoms with Gasteiger partial charge in [-0.1, -0.05) is 24.4 Å². The number of hydrogen-bond acceptors (Lipinski definition) is 3. The van der Waals surface area contributed by atoms with Crippen molar-refractivity contribution in [3.05, 3.63) is 34.9 Å². The Hall–Kier alpha value is -1.59. The summed E-state index contributed by atoms with van der Waals surface area (Å²) in [6.45, 7) is 2.19. The molecule has 2 atom stereocenters. The van der Waals surface area contributed by atoms with Gasteiger partial charge < -0.3 is 10.0 Å². The first kappa shape index (κ1) is 16.9. The van der Waals surface area contributed by atoms with Gasteiger partial charge in [-0.25, -0.2) is 0 Å². The molecule has 2 aliphatic heterocycles.